The van der Waals surface area contributed by atoms with Gasteiger partial charge in [0.25, 0.3) is 0 Å². The standard InChI is InChI=1S/C13H22N6O2/c1-14-11-16-12(15-8-10-2-5-21-9-10)18-13(17-11)19-3-6-20-7-4-19/h10H,2-9H2,1H3,(H2,14,15,16,17,18). The molecule has 1 unspecified atom stereocenters. The molecule has 1 aromatic heterocycles. The van der Waals surface area contributed by atoms with Crippen LogP contribution in [0.3, 0.4) is 0 Å². The van der Waals surface area contributed by atoms with Crippen LogP contribution in [0.15, 0.2) is 0 Å². The molecule has 8 nitrogen and oxygen atoms in total. The minimum atomic E-state index is 0.534. The molecule has 0 aliphatic carbocycles. The normalized spacial score (nSPS) is 22.3. The van der Waals surface area contributed by atoms with Crippen molar-refractivity contribution in [3.63, 3.8) is 0 Å². The van der Waals surface area contributed by atoms with E-state index in [9.17, 15) is 0 Å². The average Bonchev–Trinajstić information content (AvgIpc) is 3.07. The van der Waals surface area contributed by atoms with Gasteiger partial charge in [0, 0.05) is 39.2 Å². The fraction of sp³-hybridized carbons (Fsp3) is 0.769. The van der Waals surface area contributed by atoms with Crippen LogP contribution in [0.25, 0.3) is 0 Å². The van der Waals surface area contributed by atoms with E-state index in [1.54, 1.807) is 0 Å². The van der Waals surface area contributed by atoms with Crippen LogP contribution in [-0.4, -0.2) is 68.1 Å². The van der Waals surface area contributed by atoms with E-state index in [1.165, 1.54) is 0 Å². The first-order valence-electron chi connectivity index (χ1n) is 7.43. The van der Waals surface area contributed by atoms with Crippen LogP contribution in [0.1, 0.15) is 6.42 Å². The topological polar surface area (TPSA) is 84.4 Å². The molecule has 0 spiro atoms. The number of ether oxygens (including phenoxy) is 2. The van der Waals surface area contributed by atoms with Crippen LogP contribution in [0.4, 0.5) is 17.8 Å². The van der Waals surface area contributed by atoms with E-state index in [-0.39, 0.29) is 0 Å². The van der Waals surface area contributed by atoms with E-state index in [0.717, 1.165) is 39.3 Å². The zero-order valence-corrected chi connectivity index (χ0v) is 12.3. The lowest BCUT2D eigenvalue weighted by Crippen LogP contribution is -2.37. The molecule has 1 aromatic rings. The molecule has 0 saturated carbocycles. The fourth-order valence-corrected chi connectivity index (χ4v) is 2.44. The molecule has 116 valence electrons. The summed E-state index contributed by atoms with van der Waals surface area (Å²) >= 11 is 0. The highest BCUT2D eigenvalue weighted by molar-refractivity contribution is 5.43. The van der Waals surface area contributed by atoms with E-state index in [4.69, 9.17) is 9.47 Å². The quantitative estimate of drug-likeness (QED) is 0.796. The van der Waals surface area contributed by atoms with Gasteiger partial charge >= 0.3 is 0 Å². The molecule has 0 radical (unpaired) electrons. The molecule has 3 heterocycles. The average molecular weight is 294 g/mol. The Labute approximate surface area is 124 Å². The first-order chi connectivity index (χ1) is 10.3. The predicted octanol–water partition coefficient (Wildman–Crippen LogP) is 0.198. The van der Waals surface area contributed by atoms with Crippen molar-refractivity contribution in [2.75, 3.05) is 68.6 Å². The van der Waals surface area contributed by atoms with Gasteiger partial charge in [0.05, 0.1) is 19.8 Å². The van der Waals surface area contributed by atoms with Gasteiger partial charge in [-0.25, -0.2) is 0 Å². The van der Waals surface area contributed by atoms with Gasteiger partial charge in [0.1, 0.15) is 0 Å². The first kappa shape index (κ1) is 14.3. The second kappa shape index (κ2) is 6.86. The number of anilines is 3. The lowest BCUT2D eigenvalue weighted by Gasteiger charge is -2.27. The minimum Gasteiger partial charge on any atom is -0.381 e. The highest BCUT2D eigenvalue weighted by atomic mass is 16.5. The first-order valence-corrected chi connectivity index (χ1v) is 7.43. The lowest BCUT2D eigenvalue weighted by molar-refractivity contribution is 0.122. The fourth-order valence-electron chi connectivity index (χ4n) is 2.44. The summed E-state index contributed by atoms with van der Waals surface area (Å²) in [6, 6.07) is 0. The summed E-state index contributed by atoms with van der Waals surface area (Å²) in [5.74, 6) is 2.42. The molecule has 2 fully saturated rings. The highest BCUT2D eigenvalue weighted by Gasteiger charge is 2.18. The number of nitrogens with zero attached hydrogens (tertiary/aromatic N) is 4. The molecular formula is C13H22N6O2. The largest absolute Gasteiger partial charge is 0.381 e. The molecule has 2 saturated heterocycles. The monoisotopic (exact) mass is 294 g/mol. The smallest absolute Gasteiger partial charge is 0.232 e. The van der Waals surface area contributed by atoms with E-state index < -0.39 is 0 Å². The molecular weight excluding hydrogens is 272 g/mol. The third-order valence-electron chi connectivity index (χ3n) is 3.71. The van der Waals surface area contributed by atoms with Gasteiger partial charge in [-0.05, 0) is 6.42 Å². The summed E-state index contributed by atoms with van der Waals surface area (Å²) in [6.07, 6.45) is 1.09. The molecule has 0 bridgehead atoms. The zero-order valence-electron chi connectivity index (χ0n) is 12.3. The van der Waals surface area contributed by atoms with Crippen molar-refractivity contribution in [3.05, 3.63) is 0 Å². The molecule has 8 heteroatoms. The summed E-state index contributed by atoms with van der Waals surface area (Å²) < 4.78 is 10.7. The van der Waals surface area contributed by atoms with Crippen LogP contribution in [0, 0.1) is 5.92 Å². The Hall–Kier alpha value is -1.67. The molecule has 2 N–H and O–H groups in total. The Morgan fingerprint density at radius 2 is 1.90 bits per heavy atom. The number of nitrogens with one attached hydrogen (secondary N) is 2. The van der Waals surface area contributed by atoms with Crippen molar-refractivity contribution >= 4 is 17.8 Å². The summed E-state index contributed by atoms with van der Waals surface area (Å²) in [5.41, 5.74) is 0. The number of hydrogen-bond donors (Lipinski definition) is 2. The van der Waals surface area contributed by atoms with Crippen molar-refractivity contribution in [1.29, 1.82) is 0 Å². The maximum absolute atomic E-state index is 5.38. The zero-order chi connectivity index (χ0) is 14.5. The van der Waals surface area contributed by atoms with Gasteiger partial charge in [-0.15, -0.1) is 0 Å². The number of rotatable bonds is 5. The van der Waals surface area contributed by atoms with Crippen molar-refractivity contribution in [2.45, 2.75) is 6.42 Å². The Morgan fingerprint density at radius 1 is 1.10 bits per heavy atom. The van der Waals surface area contributed by atoms with Crippen LogP contribution in [0.2, 0.25) is 0 Å². The Bertz CT molecular complexity index is 460. The van der Waals surface area contributed by atoms with Gasteiger partial charge in [0.2, 0.25) is 17.8 Å². The van der Waals surface area contributed by atoms with Crippen LogP contribution < -0.4 is 15.5 Å². The molecule has 0 aromatic carbocycles. The Kier molecular flexibility index (Phi) is 4.66. The Morgan fingerprint density at radius 3 is 2.62 bits per heavy atom. The van der Waals surface area contributed by atoms with Crippen LogP contribution >= 0.6 is 0 Å². The summed E-state index contributed by atoms with van der Waals surface area (Å²) in [7, 11) is 1.81. The van der Waals surface area contributed by atoms with Crippen molar-refractivity contribution in [2.24, 2.45) is 5.92 Å². The second-order valence-electron chi connectivity index (χ2n) is 5.24. The predicted molar refractivity (Wildman–Crippen MR) is 79.8 cm³/mol. The van der Waals surface area contributed by atoms with E-state index in [0.29, 0.717) is 37.0 Å². The molecule has 0 amide bonds. The summed E-state index contributed by atoms with van der Waals surface area (Å²) in [6.45, 7) is 5.53. The summed E-state index contributed by atoms with van der Waals surface area (Å²) in [5, 5.41) is 6.29. The maximum atomic E-state index is 5.38. The number of aromatic nitrogens is 3. The van der Waals surface area contributed by atoms with Crippen molar-refractivity contribution in [1.82, 2.24) is 15.0 Å². The number of hydrogen-bond acceptors (Lipinski definition) is 8. The minimum absolute atomic E-state index is 0.534. The van der Waals surface area contributed by atoms with E-state index >= 15 is 0 Å². The van der Waals surface area contributed by atoms with Gasteiger partial charge in [-0.3, -0.25) is 0 Å². The van der Waals surface area contributed by atoms with E-state index in [1.807, 2.05) is 7.05 Å². The summed E-state index contributed by atoms with van der Waals surface area (Å²) in [4.78, 5) is 15.4. The lowest BCUT2D eigenvalue weighted by atomic mass is 10.1. The SMILES string of the molecule is CNc1nc(NCC2CCOC2)nc(N2CCOCC2)n1. The van der Waals surface area contributed by atoms with Gasteiger partial charge in [-0.2, -0.15) is 15.0 Å². The van der Waals surface area contributed by atoms with Gasteiger partial charge < -0.3 is 25.0 Å². The molecule has 3 rings (SSSR count). The molecule has 2 aliphatic rings. The molecule has 1 atom stereocenters. The third kappa shape index (κ3) is 3.70. The highest BCUT2D eigenvalue weighted by Crippen LogP contribution is 2.16. The third-order valence-corrected chi connectivity index (χ3v) is 3.71. The Balaban J connectivity index is 1.69. The maximum Gasteiger partial charge on any atom is 0.232 e. The van der Waals surface area contributed by atoms with Crippen LogP contribution in [-0.2, 0) is 9.47 Å². The second-order valence-corrected chi connectivity index (χ2v) is 5.24. The van der Waals surface area contributed by atoms with Crippen molar-refractivity contribution < 1.29 is 9.47 Å². The van der Waals surface area contributed by atoms with Crippen LogP contribution in [0.5, 0.6) is 0 Å². The molecule has 2 aliphatic heterocycles. The number of morpholine rings is 1. The van der Waals surface area contributed by atoms with E-state index in [2.05, 4.69) is 30.5 Å². The van der Waals surface area contributed by atoms with Gasteiger partial charge in [0.15, 0.2) is 0 Å². The van der Waals surface area contributed by atoms with Crippen molar-refractivity contribution in [3.8, 4) is 0 Å². The molecule has 21 heavy (non-hydrogen) atoms. The van der Waals surface area contributed by atoms with Gasteiger partial charge in [-0.1, -0.05) is 0 Å².